The van der Waals surface area contributed by atoms with E-state index >= 15 is 0 Å². The highest BCUT2D eigenvalue weighted by Crippen LogP contribution is 2.23. The quantitative estimate of drug-likeness (QED) is 0.369. The van der Waals surface area contributed by atoms with E-state index in [4.69, 9.17) is 4.52 Å². The minimum Gasteiger partial charge on any atom is -0.338 e. The Bertz CT molecular complexity index is 1640. The number of sulfonamides is 1. The van der Waals surface area contributed by atoms with Gasteiger partial charge in [0.05, 0.1) is 28.2 Å². The monoisotopic (exact) mass is 492 g/mol. The fraction of sp³-hybridized carbons (Fsp3) is 0.125. The zero-order valence-electron chi connectivity index (χ0n) is 18.1. The number of aromatic nitrogens is 3. The van der Waals surface area contributed by atoms with Gasteiger partial charge in [0.1, 0.15) is 0 Å². The second-order valence-corrected chi connectivity index (χ2v) is 10.5. The maximum Gasteiger partial charge on any atom is 0.308 e. The summed E-state index contributed by atoms with van der Waals surface area (Å²) in [6.07, 6.45) is 0. The van der Waals surface area contributed by atoms with Crippen molar-refractivity contribution in [2.75, 3.05) is 0 Å². The van der Waals surface area contributed by atoms with Crippen molar-refractivity contribution in [2.24, 2.45) is 0 Å². The predicted molar refractivity (Wildman–Crippen MR) is 130 cm³/mol. The average molecular weight is 493 g/mol. The number of rotatable bonds is 7. The van der Waals surface area contributed by atoms with Crippen LogP contribution in [0.25, 0.3) is 21.6 Å². The number of hydrogen-bond acceptors (Lipinski definition) is 7. The molecule has 10 heteroatoms. The van der Waals surface area contributed by atoms with Crippen LogP contribution in [0.1, 0.15) is 17.0 Å². The van der Waals surface area contributed by atoms with E-state index in [0.29, 0.717) is 22.6 Å². The third-order valence-electron chi connectivity index (χ3n) is 5.29. The van der Waals surface area contributed by atoms with Crippen molar-refractivity contribution in [3.63, 3.8) is 0 Å². The molecule has 2 aromatic heterocycles. The maximum atomic E-state index is 12.9. The molecule has 3 aromatic carbocycles. The van der Waals surface area contributed by atoms with Crippen molar-refractivity contribution in [3.8, 4) is 11.4 Å². The summed E-state index contributed by atoms with van der Waals surface area (Å²) in [4.78, 5) is 16.7. The first-order chi connectivity index (χ1) is 16.4. The highest BCUT2D eigenvalue weighted by molar-refractivity contribution is 7.89. The van der Waals surface area contributed by atoms with Crippen LogP contribution in [0.2, 0.25) is 0 Å². The molecule has 0 bridgehead atoms. The summed E-state index contributed by atoms with van der Waals surface area (Å²) in [5.74, 6) is 0.545. The standard InChI is InChI=1S/C24H20N4O4S2/c1-16-6-5-9-18(12-16)23-26-22(32-27-23)14-25-34(30,31)19-10-11-20-21(13-19)33-24(29)28(20)15-17-7-3-2-4-8-17/h2-13,25H,14-15H2,1H3. The van der Waals surface area contributed by atoms with Crippen LogP contribution in [-0.2, 0) is 23.1 Å². The lowest BCUT2D eigenvalue weighted by molar-refractivity contribution is 0.376. The third kappa shape index (κ3) is 4.56. The highest BCUT2D eigenvalue weighted by Gasteiger charge is 2.19. The van der Waals surface area contributed by atoms with Crippen molar-refractivity contribution >= 4 is 31.6 Å². The topological polar surface area (TPSA) is 107 Å². The van der Waals surface area contributed by atoms with Gasteiger partial charge in [-0.3, -0.25) is 9.36 Å². The molecule has 172 valence electrons. The molecule has 0 amide bonds. The lowest BCUT2D eigenvalue weighted by Crippen LogP contribution is -2.23. The molecular formula is C24H20N4O4S2. The van der Waals surface area contributed by atoms with Gasteiger partial charge in [0, 0.05) is 5.56 Å². The van der Waals surface area contributed by atoms with E-state index < -0.39 is 10.0 Å². The van der Waals surface area contributed by atoms with Gasteiger partial charge in [-0.1, -0.05) is 70.6 Å². The Kier molecular flexibility index (Phi) is 5.86. The van der Waals surface area contributed by atoms with Gasteiger partial charge in [0.2, 0.25) is 21.7 Å². The molecular weight excluding hydrogens is 472 g/mol. The van der Waals surface area contributed by atoms with Gasteiger partial charge in [-0.2, -0.15) is 4.98 Å². The summed E-state index contributed by atoms with van der Waals surface area (Å²) in [7, 11) is -3.86. The number of hydrogen-bond donors (Lipinski definition) is 1. The van der Waals surface area contributed by atoms with Gasteiger partial charge in [-0.15, -0.1) is 0 Å². The zero-order chi connectivity index (χ0) is 23.7. The normalized spacial score (nSPS) is 11.8. The van der Waals surface area contributed by atoms with Crippen LogP contribution in [0, 0.1) is 6.92 Å². The molecule has 8 nitrogen and oxygen atoms in total. The van der Waals surface area contributed by atoms with Gasteiger partial charge >= 0.3 is 4.87 Å². The number of aryl methyl sites for hydroxylation is 1. The Balaban J connectivity index is 1.34. The largest absolute Gasteiger partial charge is 0.338 e. The van der Waals surface area contributed by atoms with E-state index in [1.165, 1.54) is 12.1 Å². The lowest BCUT2D eigenvalue weighted by atomic mass is 10.1. The smallest absolute Gasteiger partial charge is 0.308 e. The van der Waals surface area contributed by atoms with Crippen molar-refractivity contribution in [1.82, 2.24) is 19.4 Å². The Hall–Kier alpha value is -3.60. The molecule has 5 aromatic rings. The summed E-state index contributed by atoms with van der Waals surface area (Å²) in [6, 6.07) is 21.9. The third-order valence-corrected chi connectivity index (χ3v) is 7.63. The van der Waals surface area contributed by atoms with Crippen LogP contribution in [-0.4, -0.2) is 23.1 Å². The molecule has 5 rings (SSSR count). The molecule has 0 fully saturated rings. The van der Waals surface area contributed by atoms with Crippen LogP contribution >= 0.6 is 11.3 Å². The summed E-state index contributed by atoms with van der Waals surface area (Å²) in [5, 5.41) is 3.93. The molecule has 0 atom stereocenters. The van der Waals surface area contributed by atoms with Crippen molar-refractivity contribution in [1.29, 1.82) is 0 Å². The van der Waals surface area contributed by atoms with Crippen molar-refractivity contribution in [2.45, 2.75) is 24.9 Å². The van der Waals surface area contributed by atoms with Gasteiger partial charge in [0.25, 0.3) is 0 Å². The Morgan fingerprint density at radius 2 is 1.85 bits per heavy atom. The van der Waals surface area contributed by atoms with Crippen LogP contribution in [0.4, 0.5) is 0 Å². The van der Waals surface area contributed by atoms with Gasteiger partial charge in [0.15, 0.2) is 0 Å². The first-order valence-electron chi connectivity index (χ1n) is 10.5. The first kappa shape index (κ1) is 22.2. The molecule has 2 heterocycles. The van der Waals surface area contributed by atoms with E-state index in [0.717, 1.165) is 28.0 Å². The van der Waals surface area contributed by atoms with Crippen molar-refractivity contribution < 1.29 is 12.9 Å². The molecule has 1 N–H and O–H groups in total. The second kappa shape index (κ2) is 8.98. The summed E-state index contributed by atoms with van der Waals surface area (Å²) in [6.45, 7) is 2.23. The van der Waals surface area contributed by atoms with E-state index in [2.05, 4.69) is 14.9 Å². The molecule has 0 aliphatic heterocycles. The number of fused-ring (bicyclic) bond motifs is 1. The average Bonchev–Trinajstić information content (AvgIpc) is 3.43. The molecule has 0 saturated carbocycles. The van der Waals surface area contributed by atoms with Crippen molar-refractivity contribution in [3.05, 3.63) is 99.5 Å². The molecule has 34 heavy (non-hydrogen) atoms. The fourth-order valence-corrected chi connectivity index (χ4v) is 5.60. The number of benzene rings is 3. The van der Waals surface area contributed by atoms with E-state index in [9.17, 15) is 13.2 Å². The molecule has 0 aliphatic rings. The van der Waals surface area contributed by atoms with E-state index in [-0.39, 0.29) is 22.2 Å². The van der Waals surface area contributed by atoms with Crippen LogP contribution < -0.4 is 9.60 Å². The van der Waals surface area contributed by atoms with Gasteiger partial charge in [-0.25, -0.2) is 13.1 Å². The lowest BCUT2D eigenvalue weighted by Gasteiger charge is -2.06. The van der Waals surface area contributed by atoms with E-state index in [1.54, 1.807) is 10.6 Å². The number of nitrogens with zero attached hydrogens (tertiary/aromatic N) is 3. The number of nitrogens with one attached hydrogen (secondary N) is 1. The predicted octanol–water partition coefficient (Wildman–Crippen LogP) is 3.95. The van der Waals surface area contributed by atoms with Crippen LogP contribution in [0.15, 0.2) is 87.0 Å². The fourth-order valence-electron chi connectivity index (χ4n) is 3.60. The summed E-state index contributed by atoms with van der Waals surface area (Å²) >= 11 is 1.02. The Morgan fingerprint density at radius 1 is 1.03 bits per heavy atom. The molecule has 0 saturated heterocycles. The van der Waals surface area contributed by atoms with Crippen LogP contribution in [0.3, 0.4) is 0 Å². The Morgan fingerprint density at radius 3 is 2.65 bits per heavy atom. The Labute approximate surface area is 199 Å². The van der Waals surface area contributed by atoms with Gasteiger partial charge < -0.3 is 4.52 Å². The number of thiazole rings is 1. The zero-order valence-corrected chi connectivity index (χ0v) is 19.8. The highest BCUT2D eigenvalue weighted by atomic mass is 32.2. The minimum absolute atomic E-state index is 0.0616. The molecule has 0 spiro atoms. The summed E-state index contributed by atoms with van der Waals surface area (Å²) in [5.41, 5.74) is 3.53. The minimum atomic E-state index is -3.86. The van der Waals surface area contributed by atoms with Gasteiger partial charge in [-0.05, 0) is 36.8 Å². The maximum absolute atomic E-state index is 12.9. The second-order valence-electron chi connectivity index (χ2n) is 7.77. The summed E-state index contributed by atoms with van der Waals surface area (Å²) < 4.78 is 35.7. The molecule has 0 radical (unpaired) electrons. The molecule has 0 aliphatic carbocycles. The van der Waals surface area contributed by atoms with E-state index in [1.807, 2.05) is 61.5 Å². The molecule has 0 unspecified atom stereocenters. The first-order valence-corrected chi connectivity index (χ1v) is 12.8. The SMILES string of the molecule is Cc1cccc(-c2noc(CNS(=O)(=O)c3ccc4c(c3)sc(=O)n4Cc3ccccc3)n2)c1. The van der Waals surface area contributed by atoms with Crippen LogP contribution in [0.5, 0.6) is 0 Å².